The zero-order valence-corrected chi connectivity index (χ0v) is 13.3. The van der Waals surface area contributed by atoms with Crippen LogP contribution in [0.1, 0.15) is 44.9 Å². The van der Waals surface area contributed by atoms with Crippen LogP contribution < -0.4 is 0 Å². The quantitative estimate of drug-likeness (QED) is 0.769. The molecule has 0 saturated carbocycles. The molecular formula is C16H21NO2S. The molecule has 20 heavy (non-hydrogen) atoms. The molecule has 0 aromatic heterocycles. The third-order valence-corrected chi connectivity index (χ3v) is 4.69. The monoisotopic (exact) mass is 291 g/mol. The average Bonchev–Trinajstić information content (AvgIpc) is 2.37. The van der Waals surface area contributed by atoms with Crippen LogP contribution in [0, 0.1) is 5.41 Å². The Morgan fingerprint density at radius 3 is 2.70 bits per heavy atom. The van der Waals surface area contributed by atoms with Crippen LogP contribution in [0.2, 0.25) is 0 Å². The smallest absolute Gasteiger partial charge is 0.307 e. The number of fused-ring (bicyclic) bond motifs is 1. The second kappa shape index (κ2) is 6.00. The maximum Gasteiger partial charge on any atom is 0.307 e. The van der Waals surface area contributed by atoms with Gasteiger partial charge in [-0.3, -0.25) is 4.79 Å². The summed E-state index contributed by atoms with van der Waals surface area (Å²) in [6.07, 6.45) is 0.393. The number of benzene rings is 1. The van der Waals surface area contributed by atoms with Gasteiger partial charge in [0.15, 0.2) is 0 Å². The van der Waals surface area contributed by atoms with Gasteiger partial charge in [-0.25, -0.2) is 4.99 Å². The molecule has 1 aliphatic heterocycles. The minimum Gasteiger partial charge on any atom is -0.466 e. The topological polar surface area (TPSA) is 38.7 Å². The molecule has 1 aromatic rings. The summed E-state index contributed by atoms with van der Waals surface area (Å²) in [5.41, 5.74) is 2.09. The lowest BCUT2D eigenvalue weighted by Crippen LogP contribution is -2.22. The van der Waals surface area contributed by atoms with Gasteiger partial charge in [-0.2, -0.15) is 0 Å². The fourth-order valence-electron chi connectivity index (χ4n) is 2.06. The van der Waals surface area contributed by atoms with Crippen LogP contribution in [0.25, 0.3) is 0 Å². The van der Waals surface area contributed by atoms with E-state index < -0.39 is 0 Å². The van der Waals surface area contributed by atoms with Crippen LogP contribution in [-0.4, -0.2) is 17.6 Å². The maximum atomic E-state index is 11.8. The minimum absolute atomic E-state index is 0.00882. The molecular weight excluding hydrogens is 270 g/mol. The molecule has 1 heterocycles. The van der Waals surface area contributed by atoms with Crippen LogP contribution in [0.3, 0.4) is 0 Å². The number of nitrogens with zero attached hydrogens (tertiary/aromatic N) is 1. The van der Waals surface area contributed by atoms with Crippen molar-refractivity contribution in [2.45, 2.75) is 39.4 Å². The molecule has 1 atom stereocenters. The Labute approximate surface area is 124 Å². The van der Waals surface area contributed by atoms with Crippen molar-refractivity contribution in [1.29, 1.82) is 0 Å². The van der Waals surface area contributed by atoms with Gasteiger partial charge in [0, 0.05) is 10.7 Å². The molecule has 4 heteroatoms. The molecule has 1 unspecified atom stereocenters. The van der Waals surface area contributed by atoms with Gasteiger partial charge in [-0.1, -0.05) is 39.0 Å². The SMILES string of the molecule is CCOC(=O)CC1SC(C(C)(C)C)=Nc2ccccc21. The lowest BCUT2D eigenvalue weighted by atomic mass is 9.98. The minimum atomic E-state index is -0.144. The summed E-state index contributed by atoms with van der Waals surface area (Å²) < 4.78 is 5.09. The van der Waals surface area contributed by atoms with E-state index in [0.29, 0.717) is 13.0 Å². The fraction of sp³-hybridized carbons (Fsp3) is 0.500. The molecule has 0 saturated heterocycles. The first-order valence-corrected chi connectivity index (χ1v) is 7.80. The van der Waals surface area contributed by atoms with Crippen molar-refractivity contribution in [2.75, 3.05) is 6.61 Å². The summed E-state index contributed by atoms with van der Waals surface area (Å²) in [4.78, 5) is 16.5. The normalized spacial score (nSPS) is 18.2. The first-order valence-electron chi connectivity index (χ1n) is 6.92. The Bertz CT molecular complexity index is 532. The highest BCUT2D eigenvalue weighted by molar-refractivity contribution is 8.14. The molecule has 3 nitrogen and oxygen atoms in total. The van der Waals surface area contributed by atoms with Gasteiger partial charge in [0.25, 0.3) is 0 Å². The number of para-hydroxylation sites is 1. The molecule has 1 aromatic carbocycles. The molecule has 0 aliphatic carbocycles. The number of carbonyl (C=O) groups excluding carboxylic acids is 1. The molecule has 0 bridgehead atoms. The Kier molecular flexibility index (Phi) is 4.53. The van der Waals surface area contributed by atoms with Crippen LogP contribution in [-0.2, 0) is 9.53 Å². The molecule has 0 N–H and O–H groups in total. The second-order valence-corrected chi connectivity index (χ2v) is 7.03. The Morgan fingerprint density at radius 2 is 2.05 bits per heavy atom. The van der Waals surface area contributed by atoms with E-state index in [1.165, 1.54) is 0 Å². The van der Waals surface area contributed by atoms with Crippen molar-refractivity contribution in [1.82, 2.24) is 0 Å². The summed E-state index contributed by atoms with van der Waals surface area (Å²) in [5, 5.41) is 1.17. The first kappa shape index (κ1) is 15.1. The third-order valence-electron chi connectivity index (χ3n) is 3.06. The summed E-state index contributed by atoms with van der Waals surface area (Å²) in [5.74, 6) is -0.144. The Balaban J connectivity index is 2.30. The number of hydrogen-bond donors (Lipinski definition) is 0. The van der Waals surface area contributed by atoms with Crippen molar-refractivity contribution < 1.29 is 9.53 Å². The average molecular weight is 291 g/mol. The summed E-state index contributed by atoms with van der Waals surface area (Å²) >= 11 is 1.68. The van der Waals surface area contributed by atoms with Crippen LogP contribution in [0.5, 0.6) is 0 Å². The highest BCUT2D eigenvalue weighted by atomic mass is 32.2. The predicted octanol–water partition coefficient (Wildman–Crippen LogP) is 4.50. The van der Waals surface area contributed by atoms with Gasteiger partial charge >= 0.3 is 5.97 Å². The molecule has 2 rings (SSSR count). The maximum absolute atomic E-state index is 11.8. The highest BCUT2D eigenvalue weighted by Gasteiger charge is 2.31. The summed E-state index contributed by atoms with van der Waals surface area (Å²) in [7, 11) is 0. The molecule has 1 aliphatic rings. The van der Waals surface area contributed by atoms with E-state index in [-0.39, 0.29) is 16.6 Å². The number of ether oxygens (including phenoxy) is 1. The van der Waals surface area contributed by atoms with Crippen LogP contribution in [0.4, 0.5) is 5.69 Å². The molecule has 0 fully saturated rings. The van der Waals surface area contributed by atoms with Gasteiger partial charge < -0.3 is 4.74 Å². The fourth-order valence-corrected chi connectivity index (χ4v) is 3.38. The number of aliphatic imine (C=N–C) groups is 1. The largest absolute Gasteiger partial charge is 0.466 e. The van der Waals surface area contributed by atoms with Gasteiger partial charge in [-0.15, -0.1) is 11.8 Å². The van der Waals surface area contributed by atoms with E-state index in [0.717, 1.165) is 16.3 Å². The first-order chi connectivity index (χ1) is 9.41. The molecule has 0 amide bonds. The van der Waals surface area contributed by atoms with E-state index in [4.69, 9.17) is 9.73 Å². The molecule has 0 spiro atoms. The Hall–Kier alpha value is -1.29. The molecule has 108 valence electrons. The Morgan fingerprint density at radius 1 is 1.35 bits per heavy atom. The van der Waals surface area contributed by atoms with Crippen molar-refractivity contribution >= 4 is 28.5 Å². The number of thioether (sulfide) groups is 1. The van der Waals surface area contributed by atoms with Crippen molar-refractivity contribution in [3.05, 3.63) is 29.8 Å². The van der Waals surface area contributed by atoms with E-state index in [1.54, 1.807) is 11.8 Å². The second-order valence-electron chi connectivity index (χ2n) is 5.84. The van der Waals surface area contributed by atoms with Crippen molar-refractivity contribution in [3.63, 3.8) is 0 Å². The third kappa shape index (κ3) is 3.42. The van der Waals surface area contributed by atoms with Gasteiger partial charge in [0.1, 0.15) is 0 Å². The number of carbonyl (C=O) groups is 1. The van der Waals surface area contributed by atoms with E-state index >= 15 is 0 Å². The van der Waals surface area contributed by atoms with E-state index in [9.17, 15) is 4.79 Å². The van der Waals surface area contributed by atoms with Crippen molar-refractivity contribution in [2.24, 2.45) is 10.4 Å². The predicted molar refractivity (Wildman–Crippen MR) is 84.6 cm³/mol. The zero-order valence-electron chi connectivity index (χ0n) is 12.5. The summed E-state index contributed by atoms with van der Waals surface area (Å²) in [6.45, 7) is 8.70. The lowest BCUT2D eigenvalue weighted by Gasteiger charge is -2.29. The highest BCUT2D eigenvalue weighted by Crippen LogP contribution is 2.46. The summed E-state index contributed by atoms with van der Waals surface area (Å²) in [6, 6.07) is 8.04. The van der Waals surface area contributed by atoms with Gasteiger partial charge in [-0.05, 0) is 18.6 Å². The van der Waals surface area contributed by atoms with Gasteiger partial charge in [0.05, 0.1) is 23.8 Å². The number of hydrogen-bond acceptors (Lipinski definition) is 4. The van der Waals surface area contributed by atoms with E-state index in [2.05, 4.69) is 26.8 Å². The molecule has 0 radical (unpaired) electrons. The van der Waals surface area contributed by atoms with Crippen LogP contribution >= 0.6 is 11.8 Å². The van der Waals surface area contributed by atoms with Crippen LogP contribution in [0.15, 0.2) is 29.3 Å². The standard InChI is InChI=1S/C16H21NO2S/c1-5-19-14(18)10-13-11-8-6-7-9-12(11)17-15(20-13)16(2,3)4/h6-9,13H,5,10H2,1-4H3. The number of rotatable bonds is 3. The van der Waals surface area contributed by atoms with E-state index in [1.807, 2.05) is 25.1 Å². The lowest BCUT2D eigenvalue weighted by molar-refractivity contribution is -0.143. The number of esters is 1. The van der Waals surface area contributed by atoms with Crippen molar-refractivity contribution in [3.8, 4) is 0 Å². The zero-order chi connectivity index (χ0) is 14.8. The van der Waals surface area contributed by atoms with Gasteiger partial charge in [0.2, 0.25) is 0 Å².